The van der Waals surface area contributed by atoms with Crippen LogP contribution in [-0.4, -0.2) is 49.0 Å². The van der Waals surface area contributed by atoms with E-state index in [4.69, 9.17) is 9.47 Å². The van der Waals surface area contributed by atoms with Crippen molar-refractivity contribution in [2.24, 2.45) is 0 Å². The topological polar surface area (TPSA) is 84.5 Å². The Morgan fingerprint density at radius 3 is 2.67 bits per heavy atom. The number of hydrogen-bond donors (Lipinski definition) is 1. The molecule has 0 bridgehead atoms. The molecule has 5 rings (SSSR count). The average molecular weight is 385 g/mol. The molecule has 2 aromatic carbocycles. The predicted octanol–water partition coefficient (Wildman–Crippen LogP) is 2.43. The van der Waals surface area contributed by atoms with Crippen molar-refractivity contribution in [1.82, 2.24) is 14.3 Å². The highest BCUT2D eigenvalue weighted by molar-refractivity contribution is 7.89. The zero-order chi connectivity index (χ0) is 18.6. The van der Waals surface area contributed by atoms with Crippen LogP contribution in [0.4, 0.5) is 0 Å². The van der Waals surface area contributed by atoms with E-state index in [-0.39, 0.29) is 10.8 Å². The van der Waals surface area contributed by atoms with E-state index in [9.17, 15) is 8.42 Å². The molecular formula is C19H19N3O4S. The molecule has 3 aromatic rings. The van der Waals surface area contributed by atoms with Gasteiger partial charge in [0.15, 0.2) is 11.5 Å². The third-order valence-electron chi connectivity index (χ3n) is 5.04. The number of fused-ring (bicyclic) bond motifs is 2. The summed E-state index contributed by atoms with van der Waals surface area (Å²) in [5.41, 5.74) is 3.05. The highest BCUT2D eigenvalue weighted by atomic mass is 32.2. The molecule has 7 nitrogen and oxygen atoms in total. The number of imidazole rings is 1. The summed E-state index contributed by atoms with van der Waals surface area (Å²) < 4.78 is 38.2. The fourth-order valence-corrected chi connectivity index (χ4v) is 5.02. The summed E-state index contributed by atoms with van der Waals surface area (Å²) in [7, 11) is -3.56. The quantitative estimate of drug-likeness (QED) is 0.749. The summed E-state index contributed by atoms with van der Waals surface area (Å²) in [6, 6.07) is 10.8. The summed E-state index contributed by atoms with van der Waals surface area (Å²) in [6.07, 6.45) is 0. The maximum atomic E-state index is 12.9. The molecule has 1 aromatic heterocycles. The molecule has 0 amide bonds. The second kappa shape index (κ2) is 5.97. The van der Waals surface area contributed by atoms with Crippen molar-refractivity contribution in [2.75, 3.05) is 26.3 Å². The van der Waals surface area contributed by atoms with Crippen molar-refractivity contribution in [3.05, 3.63) is 47.8 Å². The first-order valence-electron chi connectivity index (χ1n) is 8.87. The van der Waals surface area contributed by atoms with Gasteiger partial charge in [0.1, 0.15) is 19.0 Å². The smallest absolute Gasteiger partial charge is 0.243 e. The van der Waals surface area contributed by atoms with Crippen LogP contribution in [0.1, 0.15) is 17.3 Å². The Morgan fingerprint density at radius 2 is 1.85 bits per heavy atom. The van der Waals surface area contributed by atoms with E-state index in [0.29, 0.717) is 37.8 Å². The number of benzene rings is 2. The second-order valence-corrected chi connectivity index (χ2v) is 8.90. The first-order valence-corrected chi connectivity index (χ1v) is 10.3. The van der Waals surface area contributed by atoms with Gasteiger partial charge in [-0.2, -0.15) is 4.31 Å². The van der Waals surface area contributed by atoms with E-state index in [1.165, 1.54) is 4.31 Å². The van der Waals surface area contributed by atoms with Crippen LogP contribution in [0, 0.1) is 6.92 Å². The number of aryl methyl sites for hydroxylation is 1. The molecule has 0 spiro atoms. The van der Waals surface area contributed by atoms with Gasteiger partial charge in [-0.15, -0.1) is 0 Å². The van der Waals surface area contributed by atoms with Gasteiger partial charge in [-0.05, 0) is 36.8 Å². The monoisotopic (exact) mass is 385 g/mol. The van der Waals surface area contributed by atoms with Gasteiger partial charge in [-0.1, -0.05) is 6.07 Å². The SMILES string of the molecule is Cc1ccc2nc(C3CN(S(=O)(=O)c4ccc5c(c4)OCCO5)C3)[nH]c2c1. The van der Waals surface area contributed by atoms with Gasteiger partial charge >= 0.3 is 0 Å². The molecule has 0 aliphatic carbocycles. The maximum absolute atomic E-state index is 12.9. The van der Waals surface area contributed by atoms with Crippen molar-refractivity contribution >= 4 is 21.1 Å². The number of nitrogens with one attached hydrogen (secondary N) is 1. The molecule has 27 heavy (non-hydrogen) atoms. The molecule has 0 unspecified atom stereocenters. The summed E-state index contributed by atoms with van der Waals surface area (Å²) in [6.45, 7) is 3.76. The Morgan fingerprint density at radius 1 is 1.07 bits per heavy atom. The van der Waals surface area contributed by atoms with Crippen molar-refractivity contribution in [1.29, 1.82) is 0 Å². The zero-order valence-corrected chi connectivity index (χ0v) is 15.6. The lowest BCUT2D eigenvalue weighted by atomic mass is 10.0. The van der Waals surface area contributed by atoms with E-state index in [1.807, 2.05) is 25.1 Å². The highest BCUT2D eigenvalue weighted by Crippen LogP contribution is 2.36. The lowest BCUT2D eigenvalue weighted by Crippen LogP contribution is -2.48. The molecule has 1 fully saturated rings. The number of ether oxygens (including phenoxy) is 2. The lowest BCUT2D eigenvalue weighted by molar-refractivity contribution is 0.171. The molecule has 3 heterocycles. The van der Waals surface area contributed by atoms with Crippen molar-refractivity contribution < 1.29 is 17.9 Å². The van der Waals surface area contributed by atoms with E-state index in [2.05, 4.69) is 9.97 Å². The van der Waals surface area contributed by atoms with Gasteiger partial charge in [0.25, 0.3) is 0 Å². The predicted molar refractivity (Wildman–Crippen MR) is 99.8 cm³/mol. The van der Waals surface area contributed by atoms with Crippen LogP contribution in [0.3, 0.4) is 0 Å². The van der Waals surface area contributed by atoms with Crippen LogP contribution < -0.4 is 9.47 Å². The van der Waals surface area contributed by atoms with Crippen LogP contribution in [0.5, 0.6) is 11.5 Å². The van der Waals surface area contributed by atoms with E-state index < -0.39 is 10.0 Å². The van der Waals surface area contributed by atoms with Gasteiger partial charge < -0.3 is 14.5 Å². The van der Waals surface area contributed by atoms with Crippen molar-refractivity contribution in [3.8, 4) is 11.5 Å². The minimum atomic E-state index is -3.56. The Bertz CT molecular complexity index is 1130. The molecule has 1 saturated heterocycles. The number of hydrogen-bond acceptors (Lipinski definition) is 5. The van der Waals surface area contributed by atoms with Crippen molar-refractivity contribution in [3.63, 3.8) is 0 Å². The highest BCUT2D eigenvalue weighted by Gasteiger charge is 2.39. The molecule has 140 valence electrons. The minimum absolute atomic E-state index is 0.0738. The Balaban J connectivity index is 1.35. The van der Waals surface area contributed by atoms with Gasteiger partial charge in [-0.3, -0.25) is 0 Å². The van der Waals surface area contributed by atoms with Gasteiger partial charge in [0.05, 0.1) is 15.9 Å². The second-order valence-electron chi connectivity index (χ2n) is 6.97. The first kappa shape index (κ1) is 16.6. The van der Waals surface area contributed by atoms with Crippen LogP contribution in [0.2, 0.25) is 0 Å². The molecular weight excluding hydrogens is 366 g/mol. The van der Waals surface area contributed by atoms with E-state index in [1.54, 1.807) is 18.2 Å². The Hall–Kier alpha value is -2.58. The summed E-state index contributed by atoms with van der Waals surface area (Å²) in [5, 5.41) is 0. The van der Waals surface area contributed by atoms with Gasteiger partial charge in [-0.25, -0.2) is 13.4 Å². The van der Waals surface area contributed by atoms with Crippen LogP contribution >= 0.6 is 0 Å². The molecule has 2 aliphatic rings. The van der Waals surface area contributed by atoms with Crippen LogP contribution in [0.25, 0.3) is 11.0 Å². The van der Waals surface area contributed by atoms with Crippen LogP contribution in [-0.2, 0) is 10.0 Å². The normalized spacial score (nSPS) is 17.8. The van der Waals surface area contributed by atoms with Gasteiger partial charge in [0.2, 0.25) is 10.0 Å². The number of rotatable bonds is 3. The fourth-order valence-electron chi connectivity index (χ4n) is 3.48. The van der Waals surface area contributed by atoms with Gasteiger partial charge in [0, 0.05) is 25.1 Å². The van der Waals surface area contributed by atoms with Crippen molar-refractivity contribution in [2.45, 2.75) is 17.7 Å². The number of H-pyrrole nitrogens is 1. The zero-order valence-electron chi connectivity index (χ0n) is 14.8. The summed E-state index contributed by atoms with van der Waals surface area (Å²) >= 11 is 0. The largest absolute Gasteiger partial charge is 0.486 e. The third kappa shape index (κ3) is 2.76. The third-order valence-corrected chi connectivity index (χ3v) is 6.87. The summed E-state index contributed by atoms with van der Waals surface area (Å²) in [4.78, 5) is 8.16. The van der Waals surface area contributed by atoms with E-state index in [0.717, 1.165) is 22.4 Å². The molecule has 1 N–H and O–H groups in total. The molecule has 2 aliphatic heterocycles. The number of nitrogens with zero attached hydrogens (tertiary/aromatic N) is 2. The number of aromatic nitrogens is 2. The Labute approximate surface area is 157 Å². The fraction of sp³-hybridized carbons (Fsp3) is 0.316. The standard InChI is InChI=1S/C19H19N3O4S/c1-12-2-4-15-16(8-12)21-19(20-15)13-10-22(11-13)27(23,24)14-3-5-17-18(9-14)26-7-6-25-17/h2-5,8-9,13H,6-7,10-11H2,1H3,(H,20,21). The summed E-state index contributed by atoms with van der Waals surface area (Å²) in [5.74, 6) is 1.97. The minimum Gasteiger partial charge on any atom is -0.486 e. The Kier molecular flexibility index (Phi) is 3.66. The lowest BCUT2D eigenvalue weighted by Gasteiger charge is -2.37. The number of sulfonamides is 1. The molecule has 0 atom stereocenters. The molecule has 8 heteroatoms. The number of aromatic amines is 1. The first-order chi connectivity index (χ1) is 13.0. The van der Waals surface area contributed by atoms with E-state index >= 15 is 0 Å². The van der Waals surface area contributed by atoms with Crippen LogP contribution in [0.15, 0.2) is 41.3 Å². The maximum Gasteiger partial charge on any atom is 0.243 e. The molecule has 0 radical (unpaired) electrons. The average Bonchev–Trinajstić information content (AvgIpc) is 3.02. The molecule has 0 saturated carbocycles.